The number of hydrogen-bond acceptors (Lipinski definition) is 11. The van der Waals surface area contributed by atoms with Crippen molar-refractivity contribution >= 4 is 50.1 Å². The standard InChI is InChI=1S/C27H21ClN6O8S/c1-40-23-10-19(22(34(36)37)11-24(23)41-2)15-42-27(35)33-26-18(14-31-33)8-16(13-30-26)17-9-21(25(28)29-12-17)32-43(38,39)20-6-4-3-5-7-20/h3-14,32H,15H2,1-2H3. The SMILES string of the molecule is COc1cc(COC(=O)n2ncc3cc(-c4cnc(Cl)c(NS(=O)(=O)c5ccccc5)c4)cnc32)c([N+](=O)[O-])cc1OC. The molecule has 14 nitrogen and oxygen atoms in total. The van der Waals surface area contributed by atoms with Gasteiger partial charge in [0.2, 0.25) is 0 Å². The lowest BCUT2D eigenvalue weighted by molar-refractivity contribution is -0.385. The van der Waals surface area contributed by atoms with Gasteiger partial charge in [0.1, 0.15) is 6.61 Å². The number of methoxy groups -OCH3 is 2. The highest BCUT2D eigenvalue weighted by molar-refractivity contribution is 7.92. The van der Waals surface area contributed by atoms with Crippen LogP contribution < -0.4 is 14.2 Å². The van der Waals surface area contributed by atoms with E-state index in [1.165, 1.54) is 63.1 Å². The Balaban J connectivity index is 1.37. The summed E-state index contributed by atoms with van der Waals surface area (Å²) in [6, 6.07) is 13.5. The monoisotopic (exact) mass is 624 g/mol. The summed E-state index contributed by atoms with van der Waals surface area (Å²) in [6.07, 6.45) is 3.34. The lowest BCUT2D eigenvalue weighted by atomic mass is 10.1. The molecule has 0 saturated heterocycles. The van der Waals surface area contributed by atoms with E-state index >= 15 is 0 Å². The summed E-state index contributed by atoms with van der Waals surface area (Å²) in [6.45, 7) is -0.451. The third kappa shape index (κ3) is 6.02. The third-order valence-corrected chi connectivity index (χ3v) is 7.87. The van der Waals surface area contributed by atoms with Crippen LogP contribution in [0.1, 0.15) is 5.56 Å². The van der Waals surface area contributed by atoms with Crippen LogP contribution in [0.4, 0.5) is 16.2 Å². The number of anilines is 1. The van der Waals surface area contributed by atoms with E-state index in [1.807, 2.05) is 0 Å². The third-order valence-electron chi connectivity index (χ3n) is 6.18. The molecule has 3 aromatic heterocycles. The molecule has 0 bridgehead atoms. The molecular formula is C27H21ClN6O8S. The van der Waals surface area contributed by atoms with Crippen LogP contribution in [0.5, 0.6) is 11.5 Å². The molecule has 0 atom stereocenters. The Morgan fingerprint density at radius 2 is 1.67 bits per heavy atom. The van der Waals surface area contributed by atoms with Crippen LogP contribution in [-0.4, -0.2) is 53.4 Å². The number of carbonyl (C=O) groups excluding carboxylic acids is 1. The Morgan fingerprint density at radius 3 is 2.37 bits per heavy atom. The Morgan fingerprint density at radius 1 is 1.00 bits per heavy atom. The highest BCUT2D eigenvalue weighted by Gasteiger charge is 2.22. The molecule has 0 aliphatic carbocycles. The number of benzene rings is 2. The number of rotatable bonds is 9. The zero-order valence-electron chi connectivity index (χ0n) is 22.4. The quantitative estimate of drug-likeness (QED) is 0.132. The first-order valence-corrected chi connectivity index (χ1v) is 14.1. The maximum Gasteiger partial charge on any atom is 0.437 e. The van der Waals surface area contributed by atoms with Crippen molar-refractivity contribution in [2.45, 2.75) is 11.5 Å². The molecule has 5 rings (SSSR count). The lowest BCUT2D eigenvalue weighted by Crippen LogP contribution is -2.16. The van der Waals surface area contributed by atoms with Gasteiger partial charge in [-0.2, -0.15) is 5.10 Å². The van der Waals surface area contributed by atoms with Gasteiger partial charge in [-0.05, 0) is 30.3 Å². The molecule has 220 valence electrons. The van der Waals surface area contributed by atoms with Crippen LogP contribution in [0.3, 0.4) is 0 Å². The van der Waals surface area contributed by atoms with Crippen LogP contribution in [0, 0.1) is 10.1 Å². The second-order valence-electron chi connectivity index (χ2n) is 8.82. The van der Waals surface area contributed by atoms with E-state index in [1.54, 1.807) is 24.3 Å². The lowest BCUT2D eigenvalue weighted by Gasteiger charge is -2.11. The van der Waals surface area contributed by atoms with Crippen molar-refractivity contribution in [2.75, 3.05) is 18.9 Å². The highest BCUT2D eigenvalue weighted by Crippen LogP contribution is 2.35. The molecule has 16 heteroatoms. The first-order valence-electron chi connectivity index (χ1n) is 12.2. The van der Waals surface area contributed by atoms with E-state index in [2.05, 4.69) is 19.8 Å². The van der Waals surface area contributed by atoms with Gasteiger partial charge in [-0.25, -0.2) is 23.2 Å². The number of nitrogens with one attached hydrogen (secondary N) is 1. The predicted octanol–water partition coefficient (Wildman–Crippen LogP) is 5.06. The number of nitro benzene ring substituents is 1. The molecule has 2 aromatic carbocycles. The van der Waals surface area contributed by atoms with Crippen molar-refractivity contribution in [1.29, 1.82) is 0 Å². The van der Waals surface area contributed by atoms with E-state index in [-0.39, 0.29) is 44.1 Å². The zero-order chi connectivity index (χ0) is 30.7. The number of nitro groups is 1. The number of ether oxygens (including phenoxy) is 3. The fourth-order valence-electron chi connectivity index (χ4n) is 4.09. The zero-order valence-corrected chi connectivity index (χ0v) is 24.0. The number of carbonyl (C=O) groups is 1. The first-order chi connectivity index (χ1) is 20.6. The van der Waals surface area contributed by atoms with Gasteiger partial charge in [0.05, 0.1) is 47.6 Å². The smallest absolute Gasteiger partial charge is 0.437 e. The maximum atomic E-state index is 12.9. The molecular weight excluding hydrogens is 604 g/mol. The fraction of sp³-hybridized carbons (Fsp3) is 0.111. The van der Waals surface area contributed by atoms with Crippen LogP contribution in [0.25, 0.3) is 22.2 Å². The molecule has 5 aromatic rings. The molecule has 0 amide bonds. The molecule has 0 unspecified atom stereocenters. The highest BCUT2D eigenvalue weighted by atomic mass is 35.5. The van der Waals surface area contributed by atoms with E-state index < -0.39 is 27.6 Å². The molecule has 3 heterocycles. The van der Waals surface area contributed by atoms with Gasteiger partial charge in [-0.15, -0.1) is 4.68 Å². The van der Waals surface area contributed by atoms with E-state index in [9.17, 15) is 23.3 Å². The Hall–Kier alpha value is -5.28. The fourth-order valence-corrected chi connectivity index (χ4v) is 5.38. The average molecular weight is 625 g/mol. The molecule has 0 saturated carbocycles. The maximum absolute atomic E-state index is 12.9. The summed E-state index contributed by atoms with van der Waals surface area (Å²) in [4.78, 5) is 32.3. The minimum atomic E-state index is -3.92. The van der Waals surface area contributed by atoms with Crippen molar-refractivity contribution in [1.82, 2.24) is 19.7 Å². The summed E-state index contributed by atoms with van der Waals surface area (Å²) >= 11 is 6.17. The van der Waals surface area contributed by atoms with Gasteiger partial charge in [0.25, 0.3) is 15.7 Å². The molecule has 0 spiro atoms. The van der Waals surface area contributed by atoms with Gasteiger partial charge >= 0.3 is 6.09 Å². The number of aromatic nitrogens is 4. The number of nitrogens with zero attached hydrogens (tertiary/aromatic N) is 5. The predicted molar refractivity (Wildman–Crippen MR) is 155 cm³/mol. The molecule has 0 aliphatic rings. The molecule has 1 N–H and O–H groups in total. The molecule has 0 radical (unpaired) electrons. The Labute approximate surface area is 249 Å². The Kier molecular flexibility index (Phi) is 8.09. The average Bonchev–Trinajstić information content (AvgIpc) is 3.44. The van der Waals surface area contributed by atoms with Crippen molar-refractivity contribution in [3.63, 3.8) is 0 Å². The number of pyridine rings is 2. The molecule has 0 fully saturated rings. The number of fused-ring (bicyclic) bond motifs is 1. The van der Waals surface area contributed by atoms with Crippen molar-refractivity contribution in [2.24, 2.45) is 0 Å². The van der Waals surface area contributed by atoms with Crippen molar-refractivity contribution < 1.29 is 32.3 Å². The minimum absolute atomic E-state index is 0.0532. The molecule has 43 heavy (non-hydrogen) atoms. The van der Waals surface area contributed by atoms with Crippen molar-refractivity contribution in [3.05, 3.63) is 94.0 Å². The summed E-state index contributed by atoms with van der Waals surface area (Å²) in [5, 5.41) is 16.0. The van der Waals surface area contributed by atoms with Gasteiger partial charge < -0.3 is 14.2 Å². The van der Waals surface area contributed by atoms with Crippen LogP contribution in [0.2, 0.25) is 5.15 Å². The van der Waals surface area contributed by atoms with Crippen molar-refractivity contribution in [3.8, 4) is 22.6 Å². The van der Waals surface area contributed by atoms with Crippen LogP contribution in [-0.2, 0) is 21.4 Å². The summed E-state index contributed by atoms with van der Waals surface area (Å²) < 4.78 is 44.5. The van der Waals surface area contributed by atoms with E-state index in [4.69, 9.17) is 25.8 Å². The van der Waals surface area contributed by atoms with Gasteiger partial charge in [-0.3, -0.25) is 14.8 Å². The second kappa shape index (κ2) is 11.9. The first kappa shape index (κ1) is 29.2. The van der Waals surface area contributed by atoms with E-state index in [0.717, 1.165) is 4.68 Å². The summed E-state index contributed by atoms with van der Waals surface area (Å²) in [5.74, 6) is 0.379. The van der Waals surface area contributed by atoms with Gasteiger partial charge in [0, 0.05) is 28.9 Å². The topological polar surface area (TPSA) is 178 Å². The van der Waals surface area contributed by atoms with Gasteiger partial charge in [-0.1, -0.05) is 29.8 Å². The molecule has 0 aliphatic heterocycles. The van der Waals surface area contributed by atoms with E-state index in [0.29, 0.717) is 16.5 Å². The number of halogens is 1. The van der Waals surface area contributed by atoms with Crippen LogP contribution in [0.15, 0.2) is 78.1 Å². The summed E-state index contributed by atoms with van der Waals surface area (Å²) in [5.41, 5.74) is 0.998. The largest absolute Gasteiger partial charge is 0.493 e. The number of hydrogen-bond donors (Lipinski definition) is 1. The Bertz CT molecular complexity index is 1970. The minimum Gasteiger partial charge on any atom is -0.493 e. The second-order valence-corrected chi connectivity index (χ2v) is 10.9. The van der Waals surface area contributed by atoms with Gasteiger partial charge in [0.15, 0.2) is 22.3 Å². The normalized spacial score (nSPS) is 11.2. The summed E-state index contributed by atoms with van der Waals surface area (Å²) in [7, 11) is -1.20. The van der Waals surface area contributed by atoms with Crippen LogP contribution >= 0.6 is 11.6 Å². The number of sulfonamides is 1.